The molecular weight excluding hydrogens is 514 g/mol. The lowest BCUT2D eigenvalue weighted by molar-refractivity contribution is -0.159. The first kappa shape index (κ1) is 25.5. The lowest BCUT2D eigenvalue weighted by atomic mass is 10.2. The fourth-order valence-electron chi connectivity index (χ4n) is 3.16. The van der Waals surface area contributed by atoms with Crippen LogP contribution in [-0.4, -0.2) is 31.7 Å². The number of ether oxygens (including phenoxy) is 1. The lowest BCUT2D eigenvalue weighted by Gasteiger charge is -2.11. The van der Waals surface area contributed by atoms with Crippen LogP contribution in [0.25, 0.3) is 11.3 Å². The van der Waals surface area contributed by atoms with Crippen LogP contribution in [0.2, 0.25) is 0 Å². The number of nitrogens with one attached hydrogen (secondary N) is 1. The van der Waals surface area contributed by atoms with Crippen molar-refractivity contribution in [3.05, 3.63) is 101 Å². The lowest BCUT2D eigenvalue weighted by Crippen LogP contribution is -2.09. The van der Waals surface area contributed by atoms with Crippen LogP contribution in [-0.2, 0) is 29.8 Å². The second kappa shape index (κ2) is 12.4. The van der Waals surface area contributed by atoms with Crippen molar-refractivity contribution < 1.29 is 24.5 Å². The van der Waals surface area contributed by atoms with Gasteiger partial charge < -0.3 is 24.8 Å². The van der Waals surface area contributed by atoms with E-state index in [9.17, 15) is 0 Å². The third-order valence-corrected chi connectivity index (χ3v) is 5.38. The summed E-state index contributed by atoms with van der Waals surface area (Å²) >= 11 is 3.53. The highest BCUT2D eigenvalue weighted by molar-refractivity contribution is 9.10. The molecule has 0 unspecified atom stereocenters. The van der Waals surface area contributed by atoms with Gasteiger partial charge in [0.05, 0.1) is 11.9 Å². The van der Waals surface area contributed by atoms with Crippen LogP contribution in [0, 0.1) is 0 Å². The fourth-order valence-corrected chi connectivity index (χ4v) is 3.56. The summed E-state index contributed by atoms with van der Waals surface area (Å²) in [6, 6.07) is 26.6. The predicted octanol–water partition coefficient (Wildman–Crippen LogP) is 5.20. The Labute approximate surface area is 211 Å². The highest BCUT2D eigenvalue weighted by Gasteiger charge is 2.09. The van der Waals surface area contributed by atoms with Crippen LogP contribution in [0.5, 0.6) is 5.75 Å². The van der Waals surface area contributed by atoms with Gasteiger partial charge in [-0.25, -0.2) is 14.6 Å². The van der Waals surface area contributed by atoms with Crippen molar-refractivity contribution in [1.82, 2.24) is 9.55 Å². The number of anilines is 1. The van der Waals surface area contributed by atoms with Crippen LogP contribution in [0.4, 0.5) is 5.95 Å². The molecular formula is C26H24BrN3O5. The molecule has 0 fully saturated rings. The van der Waals surface area contributed by atoms with E-state index >= 15 is 0 Å². The molecule has 1 aromatic heterocycles. The van der Waals surface area contributed by atoms with Gasteiger partial charge >= 0.3 is 11.9 Å². The zero-order valence-corrected chi connectivity index (χ0v) is 20.5. The average molecular weight is 538 g/mol. The van der Waals surface area contributed by atoms with E-state index < -0.39 is 11.9 Å². The summed E-state index contributed by atoms with van der Waals surface area (Å²) in [5.41, 5.74) is 4.49. The van der Waals surface area contributed by atoms with E-state index in [1.54, 1.807) is 0 Å². The number of hydrogen-bond acceptors (Lipinski definition) is 5. The Morgan fingerprint density at radius 1 is 0.943 bits per heavy atom. The van der Waals surface area contributed by atoms with Gasteiger partial charge in [0.15, 0.2) is 0 Å². The van der Waals surface area contributed by atoms with Gasteiger partial charge in [-0.05, 0) is 35.4 Å². The Morgan fingerprint density at radius 3 is 2.31 bits per heavy atom. The average Bonchev–Trinajstić information content (AvgIpc) is 3.23. The second-order valence-corrected chi connectivity index (χ2v) is 8.34. The van der Waals surface area contributed by atoms with E-state index in [4.69, 9.17) is 24.5 Å². The number of carbonyl (C=O) groups is 2. The van der Waals surface area contributed by atoms with Crippen LogP contribution in [0.15, 0.2) is 89.5 Å². The number of halogens is 1. The van der Waals surface area contributed by atoms with Crippen molar-refractivity contribution in [3.8, 4) is 17.0 Å². The molecule has 3 aromatic carbocycles. The van der Waals surface area contributed by atoms with E-state index in [0.717, 1.165) is 38.6 Å². The van der Waals surface area contributed by atoms with Crippen molar-refractivity contribution >= 4 is 33.8 Å². The Morgan fingerprint density at radius 2 is 1.63 bits per heavy atom. The maximum absolute atomic E-state index is 9.10. The van der Waals surface area contributed by atoms with Gasteiger partial charge in [-0.1, -0.05) is 70.5 Å². The minimum absolute atomic E-state index is 0.563. The van der Waals surface area contributed by atoms with Crippen LogP contribution in [0.3, 0.4) is 0 Å². The molecule has 0 saturated carbocycles. The normalized spacial score (nSPS) is 10.1. The summed E-state index contributed by atoms with van der Waals surface area (Å²) < 4.78 is 9.05. The molecule has 0 saturated heterocycles. The SMILES string of the molecule is Cn1c(-c2cccc(Br)c2)cnc1NCc1cccc(OCc2ccccc2)c1.O=C(O)C(=O)O. The second-order valence-electron chi connectivity index (χ2n) is 7.42. The minimum atomic E-state index is -1.82. The van der Waals surface area contributed by atoms with Gasteiger partial charge in [-0.2, -0.15) is 0 Å². The molecule has 0 aliphatic rings. The molecule has 0 radical (unpaired) electrons. The zero-order chi connectivity index (χ0) is 25.2. The van der Waals surface area contributed by atoms with Crippen molar-refractivity contribution in [2.24, 2.45) is 7.05 Å². The number of rotatable bonds is 7. The van der Waals surface area contributed by atoms with Gasteiger partial charge in [0.25, 0.3) is 0 Å². The maximum Gasteiger partial charge on any atom is 0.414 e. The first-order valence-corrected chi connectivity index (χ1v) is 11.4. The fraction of sp³-hybridized carbons (Fsp3) is 0.115. The minimum Gasteiger partial charge on any atom is -0.489 e. The van der Waals surface area contributed by atoms with E-state index in [1.165, 1.54) is 0 Å². The Kier molecular flexibility index (Phi) is 9.02. The van der Waals surface area contributed by atoms with Crippen molar-refractivity contribution in [1.29, 1.82) is 0 Å². The van der Waals surface area contributed by atoms with Crippen molar-refractivity contribution in [3.63, 3.8) is 0 Å². The molecule has 0 amide bonds. The zero-order valence-electron chi connectivity index (χ0n) is 18.9. The molecule has 4 rings (SSSR count). The number of carboxylic acid groups (broad SMARTS) is 2. The molecule has 4 aromatic rings. The highest BCUT2D eigenvalue weighted by atomic mass is 79.9. The molecule has 0 aliphatic carbocycles. The highest BCUT2D eigenvalue weighted by Crippen LogP contribution is 2.25. The maximum atomic E-state index is 9.10. The van der Waals surface area contributed by atoms with E-state index in [-0.39, 0.29) is 0 Å². The summed E-state index contributed by atoms with van der Waals surface area (Å²) in [6.45, 7) is 1.23. The molecule has 0 atom stereocenters. The number of hydrogen-bond donors (Lipinski definition) is 3. The molecule has 9 heteroatoms. The van der Waals surface area contributed by atoms with Gasteiger partial charge in [0.1, 0.15) is 12.4 Å². The summed E-state index contributed by atoms with van der Waals surface area (Å²) in [7, 11) is 2.02. The number of benzene rings is 3. The molecule has 0 spiro atoms. The largest absolute Gasteiger partial charge is 0.489 e. The summed E-state index contributed by atoms with van der Waals surface area (Å²) in [4.78, 5) is 22.7. The van der Waals surface area contributed by atoms with Crippen molar-refractivity contribution in [2.45, 2.75) is 13.2 Å². The van der Waals surface area contributed by atoms with E-state index in [0.29, 0.717) is 13.2 Å². The molecule has 180 valence electrons. The van der Waals surface area contributed by atoms with E-state index in [1.807, 2.05) is 55.7 Å². The molecule has 1 heterocycles. The van der Waals surface area contributed by atoms with Crippen molar-refractivity contribution in [2.75, 3.05) is 5.32 Å². The first-order valence-electron chi connectivity index (χ1n) is 10.6. The number of aromatic nitrogens is 2. The van der Waals surface area contributed by atoms with Crippen LogP contribution >= 0.6 is 15.9 Å². The van der Waals surface area contributed by atoms with E-state index in [2.05, 4.69) is 67.2 Å². The Hall–Kier alpha value is -4.11. The van der Waals surface area contributed by atoms with Gasteiger partial charge in [-0.3, -0.25) is 0 Å². The molecule has 0 aliphatic heterocycles. The molecule has 0 bridgehead atoms. The van der Waals surface area contributed by atoms with Crippen LogP contribution in [0.1, 0.15) is 11.1 Å². The van der Waals surface area contributed by atoms with Gasteiger partial charge in [0, 0.05) is 23.6 Å². The number of carboxylic acids is 2. The van der Waals surface area contributed by atoms with Gasteiger partial charge in [-0.15, -0.1) is 0 Å². The first-order chi connectivity index (χ1) is 16.8. The summed E-state index contributed by atoms with van der Waals surface area (Å²) in [5.74, 6) is -1.96. The quantitative estimate of drug-likeness (QED) is 0.277. The molecule has 8 nitrogen and oxygen atoms in total. The topological polar surface area (TPSA) is 114 Å². The molecule has 3 N–H and O–H groups in total. The molecule has 35 heavy (non-hydrogen) atoms. The summed E-state index contributed by atoms with van der Waals surface area (Å²) in [6.07, 6.45) is 1.89. The number of imidazole rings is 1. The third-order valence-electron chi connectivity index (χ3n) is 4.89. The smallest absolute Gasteiger partial charge is 0.414 e. The Bertz CT molecular complexity index is 1280. The number of aliphatic carboxylic acids is 2. The standard InChI is InChI=1S/C24H22BrN3O.C2H2O4/c1-28-23(20-10-6-11-21(25)14-20)16-27-24(28)26-15-19-9-5-12-22(13-19)29-17-18-7-3-2-4-8-18;3-1(4)2(5)6/h2-14,16H,15,17H2,1H3,(H,26,27);(H,3,4)(H,5,6). The third kappa shape index (κ3) is 7.72. The Balaban J connectivity index is 0.000000509. The number of nitrogens with zero attached hydrogens (tertiary/aromatic N) is 2. The van der Waals surface area contributed by atoms with Crippen LogP contribution < -0.4 is 10.1 Å². The predicted molar refractivity (Wildman–Crippen MR) is 136 cm³/mol. The monoisotopic (exact) mass is 537 g/mol. The summed E-state index contributed by atoms with van der Waals surface area (Å²) in [5, 5.41) is 18.2. The van der Waals surface area contributed by atoms with Gasteiger partial charge in [0.2, 0.25) is 5.95 Å².